The van der Waals surface area contributed by atoms with Crippen LogP contribution in [0.25, 0.3) is 17.0 Å². The van der Waals surface area contributed by atoms with Gasteiger partial charge in [0.05, 0.1) is 5.02 Å². The van der Waals surface area contributed by atoms with Crippen molar-refractivity contribution in [3.63, 3.8) is 0 Å². The minimum absolute atomic E-state index is 0.0499. The Balaban J connectivity index is 1.41. The van der Waals surface area contributed by atoms with Crippen molar-refractivity contribution in [2.45, 2.75) is 23.3 Å². The Kier molecular flexibility index (Phi) is 7.66. The molecular formula is C26H29ClN4O2S. The van der Waals surface area contributed by atoms with E-state index in [9.17, 15) is 9.59 Å². The first-order chi connectivity index (χ1) is 16.3. The first kappa shape index (κ1) is 24.4. The van der Waals surface area contributed by atoms with Crippen molar-refractivity contribution in [3.8, 4) is 0 Å². The van der Waals surface area contributed by atoms with Gasteiger partial charge in [0.25, 0.3) is 0 Å². The van der Waals surface area contributed by atoms with Crippen LogP contribution in [0.4, 0.5) is 0 Å². The number of hydrogen-bond acceptors (Lipinski definition) is 4. The number of carbonyl (C=O) groups is 2. The van der Waals surface area contributed by atoms with Gasteiger partial charge in [-0.15, -0.1) is 0 Å². The molecule has 4 rings (SSSR count). The lowest BCUT2D eigenvalue weighted by Crippen LogP contribution is -2.49. The number of carbonyl (C=O) groups excluding carboxylic acids is 2. The molecule has 178 valence electrons. The van der Waals surface area contributed by atoms with Crippen LogP contribution < -0.4 is 0 Å². The van der Waals surface area contributed by atoms with Crippen molar-refractivity contribution in [1.29, 1.82) is 0 Å². The second-order valence-corrected chi connectivity index (χ2v) is 10.2. The summed E-state index contributed by atoms with van der Waals surface area (Å²) in [5, 5.41) is 1.87. The zero-order chi connectivity index (χ0) is 24.2. The Morgan fingerprint density at radius 2 is 1.82 bits per heavy atom. The Labute approximate surface area is 209 Å². The molecule has 1 N–H and O–H groups in total. The molecule has 2 heterocycles. The van der Waals surface area contributed by atoms with Gasteiger partial charge >= 0.3 is 0 Å². The summed E-state index contributed by atoms with van der Waals surface area (Å²) in [6.07, 6.45) is 5.44. The summed E-state index contributed by atoms with van der Waals surface area (Å²) < 4.78 is 0. The van der Waals surface area contributed by atoms with Gasteiger partial charge in [-0.25, -0.2) is 0 Å². The quantitative estimate of drug-likeness (QED) is 0.501. The number of aromatic nitrogens is 1. The number of aromatic amines is 1. The minimum Gasteiger partial charge on any atom is -0.361 e. The number of nitrogens with zero attached hydrogens (tertiary/aromatic N) is 3. The van der Waals surface area contributed by atoms with E-state index < -0.39 is 0 Å². The standard InChI is InChI=1S/C26H29ClN4O2S/c1-18(32)30-10-12-31(13-11-30)26(33)9-5-19-4-8-25(23(27)14-19)34-21-6-7-24-22(15-21)20(16-28-24)17-29(2)3/h4-9,14-16,28H,10-13,17H2,1-3H3/b9-5+. The molecule has 6 nitrogen and oxygen atoms in total. The topological polar surface area (TPSA) is 59.7 Å². The van der Waals surface area contributed by atoms with Crippen LogP contribution in [-0.2, 0) is 16.1 Å². The van der Waals surface area contributed by atoms with Crippen LogP contribution >= 0.6 is 23.4 Å². The molecule has 1 aliphatic rings. The Morgan fingerprint density at radius 1 is 1.09 bits per heavy atom. The second kappa shape index (κ2) is 10.7. The predicted molar refractivity (Wildman–Crippen MR) is 139 cm³/mol. The summed E-state index contributed by atoms with van der Waals surface area (Å²) in [4.78, 5) is 35.1. The summed E-state index contributed by atoms with van der Waals surface area (Å²) in [5.74, 6) is 0.00313. The fourth-order valence-corrected chi connectivity index (χ4v) is 5.20. The summed E-state index contributed by atoms with van der Waals surface area (Å²) in [6.45, 7) is 4.71. The molecule has 34 heavy (non-hydrogen) atoms. The van der Waals surface area contributed by atoms with Gasteiger partial charge in [0, 0.05) is 72.6 Å². The normalized spacial score (nSPS) is 14.5. The highest BCUT2D eigenvalue weighted by Crippen LogP contribution is 2.36. The maximum absolute atomic E-state index is 12.5. The third kappa shape index (κ3) is 5.84. The molecule has 3 aromatic rings. The molecule has 0 unspecified atom stereocenters. The summed E-state index contributed by atoms with van der Waals surface area (Å²) in [6, 6.07) is 12.2. The first-order valence-electron chi connectivity index (χ1n) is 11.2. The number of nitrogens with one attached hydrogen (secondary N) is 1. The molecule has 2 aromatic carbocycles. The number of piperazine rings is 1. The van der Waals surface area contributed by atoms with Crippen molar-refractivity contribution in [3.05, 3.63) is 64.8 Å². The summed E-state index contributed by atoms with van der Waals surface area (Å²) in [7, 11) is 4.13. The molecule has 0 radical (unpaired) electrons. The number of hydrogen-bond donors (Lipinski definition) is 1. The van der Waals surface area contributed by atoms with Crippen LogP contribution in [0, 0.1) is 0 Å². The number of rotatable bonds is 6. The zero-order valence-electron chi connectivity index (χ0n) is 19.7. The third-order valence-electron chi connectivity index (χ3n) is 5.86. The van der Waals surface area contributed by atoms with Gasteiger partial charge in [-0.2, -0.15) is 0 Å². The number of halogens is 1. The largest absolute Gasteiger partial charge is 0.361 e. The number of fused-ring (bicyclic) bond motifs is 1. The summed E-state index contributed by atoms with van der Waals surface area (Å²) in [5.41, 5.74) is 3.26. The molecule has 0 saturated carbocycles. The predicted octanol–water partition coefficient (Wildman–Crippen LogP) is 4.74. The fraction of sp³-hybridized carbons (Fsp3) is 0.308. The van der Waals surface area contributed by atoms with Crippen LogP contribution in [0.2, 0.25) is 5.02 Å². The van der Waals surface area contributed by atoms with Crippen molar-refractivity contribution in [1.82, 2.24) is 19.7 Å². The van der Waals surface area contributed by atoms with Crippen molar-refractivity contribution in [2.75, 3.05) is 40.3 Å². The maximum Gasteiger partial charge on any atom is 0.246 e. The summed E-state index contributed by atoms with van der Waals surface area (Å²) >= 11 is 8.21. The molecule has 0 aliphatic carbocycles. The first-order valence-corrected chi connectivity index (χ1v) is 12.4. The minimum atomic E-state index is -0.0499. The highest BCUT2D eigenvalue weighted by Gasteiger charge is 2.20. The van der Waals surface area contributed by atoms with Gasteiger partial charge in [0.2, 0.25) is 11.8 Å². The molecule has 1 saturated heterocycles. The van der Waals surface area contributed by atoms with Crippen LogP contribution in [0.5, 0.6) is 0 Å². The fourth-order valence-electron chi connectivity index (χ4n) is 4.04. The van der Waals surface area contributed by atoms with Gasteiger partial charge in [-0.1, -0.05) is 29.4 Å². The van der Waals surface area contributed by atoms with Crippen LogP contribution in [0.1, 0.15) is 18.1 Å². The van der Waals surface area contributed by atoms with Crippen LogP contribution in [0.3, 0.4) is 0 Å². The van der Waals surface area contributed by atoms with Gasteiger partial charge in [0.1, 0.15) is 0 Å². The Hall–Kier alpha value is -2.74. The molecule has 1 aromatic heterocycles. The van der Waals surface area contributed by atoms with E-state index in [2.05, 4.69) is 48.4 Å². The zero-order valence-corrected chi connectivity index (χ0v) is 21.2. The lowest BCUT2D eigenvalue weighted by Gasteiger charge is -2.33. The van der Waals surface area contributed by atoms with E-state index in [-0.39, 0.29) is 11.8 Å². The Morgan fingerprint density at radius 3 is 2.50 bits per heavy atom. The van der Waals surface area contributed by atoms with E-state index in [1.807, 2.05) is 18.2 Å². The molecule has 8 heteroatoms. The molecule has 0 spiro atoms. The van der Waals surface area contributed by atoms with Crippen LogP contribution in [0.15, 0.2) is 58.5 Å². The van der Waals surface area contributed by atoms with E-state index in [1.165, 1.54) is 10.9 Å². The van der Waals surface area contributed by atoms with Crippen molar-refractivity contribution >= 4 is 52.2 Å². The van der Waals surface area contributed by atoms with Crippen LogP contribution in [-0.4, -0.2) is 71.8 Å². The highest BCUT2D eigenvalue weighted by atomic mass is 35.5. The van der Waals surface area contributed by atoms with E-state index in [4.69, 9.17) is 11.6 Å². The smallest absolute Gasteiger partial charge is 0.246 e. The van der Waals surface area contributed by atoms with E-state index in [0.29, 0.717) is 31.2 Å². The lowest BCUT2D eigenvalue weighted by atomic mass is 10.2. The Bertz CT molecular complexity index is 1230. The van der Waals surface area contributed by atoms with Gasteiger partial charge in [-0.05, 0) is 61.6 Å². The van der Waals surface area contributed by atoms with Gasteiger partial charge in [0.15, 0.2) is 0 Å². The SMILES string of the molecule is CC(=O)N1CCN(C(=O)/C=C/c2ccc(Sc3ccc4[nH]cc(CN(C)C)c4c3)c(Cl)c2)CC1. The van der Waals surface area contributed by atoms with Crippen molar-refractivity contribution in [2.24, 2.45) is 0 Å². The van der Waals surface area contributed by atoms with E-state index in [0.717, 1.165) is 27.4 Å². The van der Waals surface area contributed by atoms with E-state index in [1.54, 1.807) is 40.6 Å². The molecule has 1 aliphatic heterocycles. The number of amides is 2. The molecule has 0 bridgehead atoms. The number of H-pyrrole nitrogens is 1. The molecule has 0 atom stereocenters. The van der Waals surface area contributed by atoms with E-state index >= 15 is 0 Å². The molecular weight excluding hydrogens is 468 g/mol. The highest BCUT2D eigenvalue weighted by molar-refractivity contribution is 7.99. The maximum atomic E-state index is 12.5. The molecule has 1 fully saturated rings. The van der Waals surface area contributed by atoms with Gasteiger partial charge in [-0.3, -0.25) is 9.59 Å². The average Bonchev–Trinajstić information content (AvgIpc) is 3.20. The second-order valence-electron chi connectivity index (χ2n) is 8.72. The monoisotopic (exact) mass is 496 g/mol. The lowest BCUT2D eigenvalue weighted by molar-refractivity contribution is -0.135. The molecule has 2 amide bonds. The van der Waals surface area contributed by atoms with Crippen molar-refractivity contribution < 1.29 is 9.59 Å². The van der Waals surface area contributed by atoms with Gasteiger partial charge < -0.3 is 19.7 Å². The number of benzene rings is 2. The average molecular weight is 497 g/mol. The third-order valence-corrected chi connectivity index (χ3v) is 7.35.